The van der Waals surface area contributed by atoms with E-state index < -0.39 is 0 Å². The summed E-state index contributed by atoms with van der Waals surface area (Å²) >= 11 is 0. The standard InChI is InChI=1S/C42H22B2O2/c1-2-12-24-23(10-1)11-7-13-25(24)36-26-14-8-18-30-37(26)39-38-27(36)15-9-19-31(38)44-29-17-4-6-21-33(29)46-35-22-34-41(40(39)42(35)44)43(30)28-16-3-5-20-32(28)45-34/h1-22H. The van der Waals surface area contributed by atoms with E-state index in [9.17, 15) is 0 Å². The summed E-state index contributed by atoms with van der Waals surface area (Å²) in [6.45, 7) is 0.134. The van der Waals surface area contributed by atoms with Gasteiger partial charge >= 0.3 is 0 Å². The van der Waals surface area contributed by atoms with Gasteiger partial charge in [-0.15, -0.1) is 0 Å². The van der Waals surface area contributed by atoms with Gasteiger partial charge in [-0.1, -0.05) is 126 Å². The monoisotopic (exact) mass is 580 g/mol. The second kappa shape index (κ2) is 8.10. The molecule has 0 radical (unpaired) electrons. The molecule has 0 amide bonds. The summed E-state index contributed by atoms with van der Waals surface area (Å²) in [6.07, 6.45) is 0. The summed E-state index contributed by atoms with van der Waals surface area (Å²) in [5, 5.41) is 7.86. The Morgan fingerprint density at radius 1 is 0.370 bits per heavy atom. The first-order chi connectivity index (χ1) is 22.8. The van der Waals surface area contributed by atoms with Crippen LogP contribution >= 0.6 is 0 Å². The highest BCUT2D eigenvalue weighted by molar-refractivity contribution is 7.04. The number of rotatable bonds is 1. The first-order valence-electron chi connectivity index (χ1n) is 16.1. The maximum absolute atomic E-state index is 6.77. The van der Waals surface area contributed by atoms with Crippen molar-refractivity contribution in [2.45, 2.75) is 0 Å². The van der Waals surface area contributed by atoms with Gasteiger partial charge in [0, 0.05) is 6.07 Å². The molecule has 0 aromatic heterocycles. The quantitative estimate of drug-likeness (QED) is 0.167. The van der Waals surface area contributed by atoms with Crippen LogP contribution in [0, 0.1) is 0 Å². The Hall–Kier alpha value is -5.73. The fourth-order valence-corrected chi connectivity index (χ4v) is 9.35. The lowest BCUT2D eigenvalue weighted by molar-refractivity contribution is 0.466. The molecule has 8 aromatic rings. The van der Waals surface area contributed by atoms with Gasteiger partial charge in [0.25, 0.3) is 13.4 Å². The van der Waals surface area contributed by atoms with Crippen LogP contribution in [0.2, 0.25) is 0 Å². The Morgan fingerprint density at radius 3 is 1.52 bits per heavy atom. The molecule has 46 heavy (non-hydrogen) atoms. The van der Waals surface area contributed by atoms with Crippen LogP contribution in [0.15, 0.2) is 133 Å². The average molecular weight is 580 g/mol. The van der Waals surface area contributed by atoms with E-state index in [2.05, 4.69) is 133 Å². The first kappa shape index (κ1) is 23.6. The van der Waals surface area contributed by atoms with E-state index in [1.807, 2.05) is 0 Å². The van der Waals surface area contributed by atoms with Gasteiger partial charge in [0.05, 0.1) is 0 Å². The van der Waals surface area contributed by atoms with Gasteiger partial charge in [-0.3, -0.25) is 0 Å². The SMILES string of the molecule is c1ccc2c(c1)Oc1cc3c4c5c1B2c1cccc2c(-c6cccc7ccccc67)c6cccc(c6c-5c12)B4c1ccccc1O3. The molecule has 4 heteroatoms. The number of fused-ring (bicyclic) bond motifs is 7. The second-order valence-electron chi connectivity index (χ2n) is 13.0. The second-order valence-corrected chi connectivity index (χ2v) is 13.0. The number of para-hydroxylation sites is 2. The van der Waals surface area contributed by atoms with Crippen molar-refractivity contribution in [3.8, 4) is 45.3 Å². The first-order valence-corrected chi connectivity index (χ1v) is 16.1. The molecule has 0 N–H and O–H groups in total. The lowest BCUT2D eigenvalue weighted by Gasteiger charge is -2.41. The molecule has 0 saturated carbocycles. The van der Waals surface area contributed by atoms with E-state index in [1.54, 1.807) is 0 Å². The summed E-state index contributed by atoms with van der Waals surface area (Å²) in [5.74, 6) is 3.66. The number of ether oxygens (including phenoxy) is 2. The zero-order valence-corrected chi connectivity index (χ0v) is 24.7. The Morgan fingerprint density at radius 2 is 0.870 bits per heavy atom. The average Bonchev–Trinajstić information content (AvgIpc) is 3.11. The molecule has 0 fully saturated rings. The third kappa shape index (κ3) is 2.66. The minimum Gasteiger partial charge on any atom is -0.458 e. The summed E-state index contributed by atoms with van der Waals surface area (Å²) in [4.78, 5) is 0. The van der Waals surface area contributed by atoms with E-state index >= 15 is 0 Å². The van der Waals surface area contributed by atoms with Crippen molar-refractivity contribution in [1.29, 1.82) is 0 Å². The van der Waals surface area contributed by atoms with Crippen LogP contribution in [0.4, 0.5) is 0 Å². The van der Waals surface area contributed by atoms with Crippen LogP contribution in [0.3, 0.4) is 0 Å². The fraction of sp³-hybridized carbons (Fsp3) is 0. The van der Waals surface area contributed by atoms with Gasteiger partial charge in [-0.25, -0.2) is 0 Å². The molecule has 12 rings (SSSR count). The predicted octanol–water partition coefficient (Wildman–Crippen LogP) is 6.35. The Kier molecular flexibility index (Phi) is 4.16. The zero-order valence-electron chi connectivity index (χ0n) is 24.7. The molecule has 0 atom stereocenters. The van der Waals surface area contributed by atoms with Gasteiger partial charge in [-0.05, 0) is 88.6 Å². The summed E-state index contributed by atoms with van der Waals surface area (Å²) in [5.41, 5.74) is 13.0. The number of hydrogen-bond acceptors (Lipinski definition) is 2. The Bertz CT molecular complexity index is 2580. The summed E-state index contributed by atoms with van der Waals surface area (Å²) < 4.78 is 13.5. The fourth-order valence-electron chi connectivity index (χ4n) is 9.35. The maximum atomic E-state index is 6.77. The molecule has 4 heterocycles. The molecular formula is C42H22B2O2. The predicted molar refractivity (Wildman–Crippen MR) is 192 cm³/mol. The van der Waals surface area contributed by atoms with Crippen LogP contribution in [0.5, 0.6) is 23.0 Å². The van der Waals surface area contributed by atoms with Crippen LogP contribution < -0.4 is 42.3 Å². The highest BCUT2D eigenvalue weighted by Crippen LogP contribution is 2.49. The number of hydrogen-bond donors (Lipinski definition) is 0. The van der Waals surface area contributed by atoms with Gasteiger partial charge in [0.15, 0.2) is 0 Å². The summed E-state index contributed by atoms with van der Waals surface area (Å²) in [7, 11) is 0. The van der Waals surface area contributed by atoms with E-state index in [4.69, 9.17) is 9.47 Å². The van der Waals surface area contributed by atoms with E-state index in [0.29, 0.717) is 0 Å². The third-order valence-electron chi connectivity index (χ3n) is 11.0. The smallest absolute Gasteiger partial charge is 0.252 e. The molecule has 4 aliphatic heterocycles. The van der Waals surface area contributed by atoms with Crippen molar-refractivity contribution in [2.75, 3.05) is 0 Å². The van der Waals surface area contributed by atoms with Gasteiger partial charge in [0.1, 0.15) is 23.0 Å². The highest BCUT2D eigenvalue weighted by Gasteiger charge is 2.48. The largest absolute Gasteiger partial charge is 0.458 e. The van der Waals surface area contributed by atoms with Crippen molar-refractivity contribution in [3.63, 3.8) is 0 Å². The van der Waals surface area contributed by atoms with Gasteiger partial charge in [0.2, 0.25) is 0 Å². The van der Waals surface area contributed by atoms with E-state index in [-0.39, 0.29) is 13.4 Å². The number of benzene rings is 8. The molecular weight excluding hydrogens is 558 g/mol. The summed E-state index contributed by atoms with van der Waals surface area (Å²) in [6, 6.07) is 48.8. The molecule has 8 aromatic carbocycles. The lowest BCUT2D eigenvalue weighted by atomic mass is 9.27. The van der Waals surface area contributed by atoms with Gasteiger partial charge < -0.3 is 9.47 Å². The zero-order chi connectivity index (χ0) is 29.7. The Labute approximate surface area is 266 Å². The highest BCUT2D eigenvalue weighted by atomic mass is 16.5. The molecule has 0 saturated heterocycles. The van der Waals surface area contributed by atoms with Crippen LogP contribution in [0.25, 0.3) is 54.6 Å². The minimum atomic E-state index is 0.0670. The van der Waals surface area contributed by atoms with Crippen molar-refractivity contribution >= 4 is 78.5 Å². The Balaban J connectivity index is 1.36. The topological polar surface area (TPSA) is 18.5 Å². The van der Waals surface area contributed by atoms with Crippen molar-refractivity contribution in [3.05, 3.63) is 133 Å². The molecule has 0 unspecified atom stereocenters. The van der Waals surface area contributed by atoms with Crippen LogP contribution in [-0.4, -0.2) is 13.4 Å². The minimum absolute atomic E-state index is 0.0670. The van der Waals surface area contributed by atoms with Crippen molar-refractivity contribution in [1.82, 2.24) is 0 Å². The van der Waals surface area contributed by atoms with Crippen molar-refractivity contribution in [2.24, 2.45) is 0 Å². The lowest BCUT2D eigenvalue weighted by Crippen LogP contribution is -2.64. The molecule has 208 valence electrons. The molecule has 0 aliphatic carbocycles. The van der Waals surface area contributed by atoms with E-state index in [1.165, 1.54) is 87.3 Å². The van der Waals surface area contributed by atoms with Gasteiger partial charge in [-0.2, -0.15) is 0 Å². The maximum Gasteiger partial charge on any atom is 0.252 e. The van der Waals surface area contributed by atoms with Crippen molar-refractivity contribution < 1.29 is 9.47 Å². The third-order valence-corrected chi connectivity index (χ3v) is 11.0. The molecule has 0 bridgehead atoms. The van der Waals surface area contributed by atoms with Crippen LogP contribution in [-0.2, 0) is 0 Å². The normalized spacial score (nSPS) is 13.9. The molecule has 2 nitrogen and oxygen atoms in total. The van der Waals surface area contributed by atoms with Crippen LogP contribution in [0.1, 0.15) is 0 Å². The van der Waals surface area contributed by atoms with E-state index in [0.717, 1.165) is 23.0 Å². The molecule has 0 spiro atoms. The molecule has 4 aliphatic rings.